The van der Waals surface area contributed by atoms with Gasteiger partial charge in [-0.1, -0.05) is 102 Å². The third kappa shape index (κ3) is 3.53. The zero-order valence-corrected chi connectivity index (χ0v) is 23.5. The molecule has 6 rings (SSSR count). The fourth-order valence-corrected chi connectivity index (χ4v) is 9.31. The summed E-state index contributed by atoms with van der Waals surface area (Å²) in [7, 11) is 0. The van der Waals surface area contributed by atoms with Crippen molar-refractivity contribution in [3.63, 3.8) is 0 Å². The molecule has 3 fully saturated rings. The Kier molecular flexibility index (Phi) is 6.26. The van der Waals surface area contributed by atoms with E-state index < -0.39 is 0 Å². The zero-order valence-electron chi connectivity index (χ0n) is 23.5. The molecule has 0 bridgehead atoms. The third-order valence-corrected chi connectivity index (χ3v) is 10.5. The Hall–Kier alpha value is -1.80. The SMILES string of the molecule is Cc1ccccc1N1C(C(C)(C)C)N2C(c3ccccc3C2(C2CCCCC2)C2CCCCC2)[C@@H]1C. The van der Waals surface area contributed by atoms with Crippen LogP contribution in [0.25, 0.3) is 0 Å². The molecule has 2 unspecified atom stereocenters. The quantitative estimate of drug-likeness (QED) is 0.429. The van der Waals surface area contributed by atoms with Crippen LogP contribution in [0, 0.1) is 24.2 Å². The van der Waals surface area contributed by atoms with Crippen LogP contribution in [0.15, 0.2) is 48.5 Å². The van der Waals surface area contributed by atoms with Crippen LogP contribution in [-0.4, -0.2) is 17.1 Å². The molecular weight excluding hydrogens is 436 g/mol. The maximum Gasteiger partial charge on any atom is 0.0886 e. The zero-order chi connectivity index (χ0) is 25.1. The summed E-state index contributed by atoms with van der Waals surface area (Å²) in [5, 5.41) is 0. The highest BCUT2D eigenvalue weighted by Gasteiger charge is 2.66. The van der Waals surface area contributed by atoms with Crippen molar-refractivity contribution in [3.8, 4) is 0 Å². The van der Waals surface area contributed by atoms with Crippen molar-refractivity contribution in [2.75, 3.05) is 4.90 Å². The highest BCUT2D eigenvalue weighted by molar-refractivity contribution is 5.59. The molecule has 2 aliphatic carbocycles. The van der Waals surface area contributed by atoms with Crippen molar-refractivity contribution in [1.82, 2.24) is 4.90 Å². The molecule has 4 aliphatic rings. The molecule has 0 radical (unpaired) electrons. The molecule has 2 heteroatoms. The summed E-state index contributed by atoms with van der Waals surface area (Å²) in [6.07, 6.45) is 14.5. The fraction of sp³-hybridized carbons (Fsp3) is 0.647. The normalized spacial score (nSPS) is 29.4. The van der Waals surface area contributed by atoms with Gasteiger partial charge in [-0.15, -0.1) is 0 Å². The van der Waals surface area contributed by atoms with Crippen LogP contribution in [0.5, 0.6) is 0 Å². The summed E-state index contributed by atoms with van der Waals surface area (Å²) >= 11 is 0. The lowest BCUT2D eigenvalue weighted by Crippen LogP contribution is -2.61. The van der Waals surface area contributed by atoms with Gasteiger partial charge >= 0.3 is 0 Å². The topological polar surface area (TPSA) is 6.48 Å². The lowest BCUT2D eigenvalue weighted by atomic mass is 9.60. The minimum Gasteiger partial charge on any atom is -0.350 e. The predicted octanol–water partition coefficient (Wildman–Crippen LogP) is 8.99. The van der Waals surface area contributed by atoms with E-state index in [1.54, 1.807) is 11.1 Å². The van der Waals surface area contributed by atoms with Crippen LogP contribution < -0.4 is 4.90 Å². The standard InChI is InChI=1S/C34H48N2/c1-24-16-12-15-23-30(24)35-25(2)31-28-21-13-14-22-29(28)34(26-17-8-6-9-18-26,27-19-10-7-11-20-27)36(31)32(35)33(3,4)5/h12-16,21-23,25-27,31-32H,6-11,17-20H2,1-5H3/t25-,31?,32?/m0/s1. The van der Waals surface area contributed by atoms with Crippen LogP contribution in [0.3, 0.4) is 0 Å². The number of fused-ring (bicyclic) bond motifs is 3. The number of benzene rings is 2. The van der Waals surface area contributed by atoms with E-state index in [1.165, 1.54) is 75.5 Å². The molecule has 0 N–H and O–H groups in total. The van der Waals surface area contributed by atoms with Gasteiger partial charge in [0.2, 0.25) is 0 Å². The molecule has 194 valence electrons. The third-order valence-electron chi connectivity index (χ3n) is 10.5. The second-order valence-electron chi connectivity index (χ2n) is 13.6. The van der Waals surface area contributed by atoms with Crippen molar-refractivity contribution in [3.05, 3.63) is 65.2 Å². The summed E-state index contributed by atoms with van der Waals surface area (Å²) in [5.41, 5.74) is 6.53. The van der Waals surface area contributed by atoms with Crippen molar-refractivity contribution < 1.29 is 0 Å². The van der Waals surface area contributed by atoms with Crippen LogP contribution in [0.2, 0.25) is 0 Å². The summed E-state index contributed by atoms with van der Waals surface area (Å²) in [6.45, 7) is 12.4. The molecule has 1 saturated heterocycles. The van der Waals surface area contributed by atoms with Crippen molar-refractivity contribution >= 4 is 5.69 Å². The molecular formula is C34H48N2. The Morgan fingerprint density at radius 2 is 1.31 bits per heavy atom. The van der Waals surface area contributed by atoms with Gasteiger partial charge in [-0.2, -0.15) is 0 Å². The van der Waals surface area contributed by atoms with Gasteiger partial charge in [0.05, 0.1) is 17.7 Å². The molecule has 0 amide bonds. The van der Waals surface area contributed by atoms with Gasteiger partial charge in [-0.3, -0.25) is 4.90 Å². The molecule has 0 spiro atoms. The van der Waals surface area contributed by atoms with Crippen LogP contribution in [-0.2, 0) is 5.54 Å². The maximum absolute atomic E-state index is 3.17. The molecule has 2 nitrogen and oxygen atoms in total. The molecule has 3 atom stereocenters. The summed E-state index contributed by atoms with van der Waals surface area (Å²) in [6, 6.07) is 19.8. The lowest BCUT2D eigenvalue weighted by molar-refractivity contribution is -0.0851. The number of nitrogens with zero attached hydrogens (tertiary/aromatic N) is 2. The van der Waals surface area contributed by atoms with Crippen molar-refractivity contribution in [2.24, 2.45) is 17.3 Å². The minimum absolute atomic E-state index is 0.141. The molecule has 2 aromatic carbocycles. The van der Waals surface area contributed by atoms with Gasteiger partial charge in [0.25, 0.3) is 0 Å². The number of hydrogen-bond acceptors (Lipinski definition) is 2. The Bertz CT molecular complexity index is 1050. The molecule has 2 heterocycles. The van der Waals surface area contributed by atoms with Crippen molar-refractivity contribution in [1.29, 1.82) is 0 Å². The second kappa shape index (κ2) is 9.19. The number of para-hydroxylation sites is 1. The number of aryl methyl sites for hydroxylation is 1. The first-order valence-corrected chi connectivity index (χ1v) is 15.1. The van der Waals surface area contributed by atoms with E-state index in [-0.39, 0.29) is 11.0 Å². The van der Waals surface area contributed by atoms with E-state index >= 15 is 0 Å². The smallest absolute Gasteiger partial charge is 0.0886 e. The molecule has 2 aromatic rings. The van der Waals surface area contributed by atoms with Gasteiger partial charge in [0, 0.05) is 11.7 Å². The first-order valence-electron chi connectivity index (χ1n) is 15.1. The first kappa shape index (κ1) is 24.5. The number of hydrogen-bond donors (Lipinski definition) is 0. The highest BCUT2D eigenvalue weighted by Crippen LogP contribution is 2.65. The number of rotatable bonds is 3. The van der Waals surface area contributed by atoms with Gasteiger partial charge in [0.1, 0.15) is 0 Å². The van der Waals surface area contributed by atoms with Crippen molar-refractivity contribution in [2.45, 2.75) is 123 Å². The van der Waals surface area contributed by atoms with E-state index in [4.69, 9.17) is 0 Å². The largest absolute Gasteiger partial charge is 0.350 e. The molecule has 0 aromatic heterocycles. The van der Waals surface area contributed by atoms with Crippen LogP contribution in [0.1, 0.15) is 115 Å². The van der Waals surface area contributed by atoms with Gasteiger partial charge in [-0.05, 0) is 79.5 Å². The summed E-state index contributed by atoms with van der Waals surface area (Å²) in [4.78, 5) is 6.02. The Morgan fingerprint density at radius 3 is 1.89 bits per heavy atom. The number of anilines is 1. The molecule has 36 heavy (non-hydrogen) atoms. The average Bonchev–Trinajstić information content (AvgIpc) is 3.36. The average molecular weight is 485 g/mol. The Morgan fingerprint density at radius 1 is 0.750 bits per heavy atom. The fourth-order valence-electron chi connectivity index (χ4n) is 9.31. The lowest BCUT2D eigenvalue weighted by Gasteiger charge is -2.57. The van der Waals surface area contributed by atoms with Crippen LogP contribution >= 0.6 is 0 Å². The summed E-state index contributed by atoms with van der Waals surface area (Å²) in [5.74, 6) is 1.55. The van der Waals surface area contributed by atoms with Crippen LogP contribution in [0.4, 0.5) is 5.69 Å². The highest BCUT2D eigenvalue weighted by atomic mass is 15.5. The molecule has 2 aliphatic heterocycles. The van der Waals surface area contributed by atoms with Gasteiger partial charge < -0.3 is 4.90 Å². The van der Waals surface area contributed by atoms with E-state index in [0.717, 1.165) is 11.8 Å². The van der Waals surface area contributed by atoms with Gasteiger partial charge in [0.15, 0.2) is 0 Å². The predicted molar refractivity (Wildman–Crippen MR) is 152 cm³/mol. The van der Waals surface area contributed by atoms with E-state index in [0.29, 0.717) is 18.2 Å². The van der Waals surface area contributed by atoms with E-state index in [9.17, 15) is 0 Å². The van der Waals surface area contributed by atoms with E-state index in [2.05, 4.69) is 92.9 Å². The first-order chi connectivity index (χ1) is 17.4. The molecule has 2 saturated carbocycles. The van der Waals surface area contributed by atoms with Gasteiger partial charge in [-0.25, -0.2) is 0 Å². The maximum atomic E-state index is 3.17. The van der Waals surface area contributed by atoms with E-state index in [1.807, 2.05) is 0 Å². The minimum atomic E-state index is 0.141. The Balaban J connectivity index is 1.62. The Labute approximate surface area is 220 Å². The monoisotopic (exact) mass is 484 g/mol. The second-order valence-corrected chi connectivity index (χ2v) is 13.6. The summed E-state index contributed by atoms with van der Waals surface area (Å²) < 4.78 is 0.